The van der Waals surface area contributed by atoms with E-state index in [0.29, 0.717) is 0 Å². The van der Waals surface area contributed by atoms with Crippen LogP contribution in [0.4, 0.5) is 0 Å². The van der Waals surface area contributed by atoms with Gasteiger partial charge in [-0.2, -0.15) is 0 Å². The molecule has 5 nitrogen and oxygen atoms in total. The zero-order valence-corrected chi connectivity index (χ0v) is 22.4. The minimum atomic E-state index is 0.792. The number of hydrogen-bond acceptors (Lipinski definition) is 5. The summed E-state index contributed by atoms with van der Waals surface area (Å²) >= 11 is 0. The average molecular weight is 458 g/mol. The molecule has 2 heterocycles. The van der Waals surface area contributed by atoms with Crippen LogP contribution in [0, 0.1) is 69.2 Å². The quantitative estimate of drug-likeness (QED) is 0.290. The molecule has 0 saturated heterocycles. The lowest BCUT2D eigenvalue weighted by Crippen LogP contribution is -1.97. The Morgan fingerprint density at radius 3 is 0.912 bits per heavy atom. The Morgan fingerprint density at radius 1 is 0.382 bits per heavy atom. The van der Waals surface area contributed by atoms with Crippen LogP contribution in [0.5, 0.6) is 0 Å². The minimum absolute atomic E-state index is 0.792. The molecule has 0 spiro atoms. The number of aryl methyl sites for hydroxylation is 10. The van der Waals surface area contributed by atoms with Gasteiger partial charge < -0.3 is 0 Å². The van der Waals surface area contributed by atoms with E-state index in [4.69, 9.17) is 0 Å². The van der Waals surface area contributed by atoms with Gasteiger partial charge in [0.15, 0.2) is 0 Å². The number of aromatic nitrogens is 5. The maximum atomic E-state index is 4.01. The van der Waals surface area contributed by atoms with E-state index in [1.54, 1.807) is 6.33 Å². The normalized spacial score (nSPS) is 9.47. The van der Waals surface area contributed by atoms with Crippen molar-refractivity contribution in [1.82, 2.24) is 24.9 Å². The van der Waals surface area contributed by atoms with E-state index in [1.807, 2.05) is 40.7 Å². The van der Waals surface area contributed by atoms with Crippen LogP contribution in [0.3, 0.4) is 0 Å². The second-order valence-corrected chi connectivity index (χ2v) is 8.60. The van der Waals surface area contributed by atoms with Gasteiger partial charge in [0.05, 0.1) is 0 Å². The first-order valence-electron chi connectivity index (χ1n) is 11.4. The first-order chi connectivity index (χ1) is 15.9. The van der Waals surface area contributed by atoms with Crippen LogP contribution in [0.1, 0.15) is 56.7 Å². The van der Waals surface area contributed by atoms with Crippen molar-refractivity contribution in [3.63, 3.8) is 0 Å². The van der Waals surface area contributed by atoms with Crippen LogP contribution >= 0.6 is 0 Å². The molecule has 0 aliphatic carbocycles. The van der Waals surface area contributed by atoms with Crippen LogP contribution in [0.2, 0.25) is 0 Å². The molecule has 2 aromatic carbocycles. The van der Waals surface area contributed by atoms with Gasteiger partial charge in [0.1, 0.15) is 23.8 Å². The molecule has 0 saturated carbocycles. The molecule has 4 rings (SSSR count). The zero-order chi connectivity index (χ0) is 25.7. The van der Waals surface area contributed by atoms with Gasteiger partial charge in [0, 0.05) is 11.4 Å². The summed E-state index contributed by atoms with van der Waals surface area (Å²) < 4.78 is 0. The molecule has 2 aromatic heterocycles. The van der Waals surface area contributed by atoms with Crippen molar-refractivity contribution in [3.05, 3.63) is 112 Å². The highest BCUT2D eigenvalue weighted by Gasteiger charge is 1.92. The van der Waals surface area contributed by atoms with E-state index >= 15 is 0 Å². The van der Waals surface area contributed by atoms with Crippen LogP contribution in [0.15, 0.2) is 54.9 Å². The van der Waals surface area contributed by atoms with Gasteiger partial charge in [0.25, 0.3) is 0 Å². The third kappa shape index (κ3) is 13.2. The highest BCUT2D eigenvalue weighted by molar-refractivity contribution is 5.27. The third-order valence-electron chi connectivity index (χ3n) is 4.50. The van der Waals surface area contributed by atoms with Crippen molar-refractivity contribution in [2.45, 2.75) is 69.2 Å². The molecule has 0 N–H and O–H groups in total. The standard InChI is InChI=1S/C9H12.C8H10.C6H9N3.C6H8N2/c1-7-4-8(2)6-9(3)5-7;1-7-3-5-8(2)6-4-7;1-4-7-5(2)9-6(3)8-4;1-5-3-6(2)8-4-7-5/h4-6H,1-3H3;3-6H,1-2H3;1-3H3;3-4H,1-2H3. The third-order valence-corrected chi connectivity index (χ3v) is 4.50. The molecule has 34 heavy (non-hydrogen) atoms. The highest BCUT2D eigenvalue weighted by Crippen LogP contribution is 2.06. The van der Waals surface area contributed by atoms with Crippen LogP contribution < -0.4 is 0 Å². The Labute approximate surface area is 205 Å². The van der Waals surface area contributed by atoms with Crippen LogP contribution in [-0.2, 0) is 0 Å². The monoisotopic (exact) mass is 457 g/mol. The van der Waals surface area contributed by atoms with Crippen molar-refractivity contribution >= 4 is 0 Å². The Morgan fingerprint density at radius 2 is 0.676 bits per heavy atom. The fourth-order valence-electron chi connectivity index (χ4n) is 3.20. The second-order valence-electron chi connectivity index (χ2n) is 8.60. The van der Waals surface area contributed by atoms with E-state index in [2.05, 4.69) is 102 Å². The van der Waals surface area contributed by atoms with Gasteiger partial charge in [0.2, 0.25) is 0 Å². The smallest absolute Gasteiger partial charge is 0.129 e. The molecule has 180 valence electrons. The molecular formula is C29H39N5. The molecule has 0 aliphatic heterocycles. The summed E-state index contributed by atoms with van der Waals surface area (Å²) in [6.07, 6.45) is 1.57. The van der Waals surface area contributed by atoms with Gasteiger partial charge in [-0.3, -0.25) is 0 Å². The van der Waals surface area contributed by atoms with E-state index in [0.717, 1.165) is 28.9 Å². The Hall–Kier alpha value is -3.47. The SMILES string of the molecule is Cc1cc(C)cc(C)c1.Cc1cc(C)ncn1.Cc1ccc(C)cc1.Cc1nc(C)nc(C)n1. The Bertz CT molecular complexity index is 963. The molecule has 0 aliphatic rings. The lowest BCUT2D eigenvalue weighted by Gasteiger charge is -1.96. The molecule has 4 aromatic rings. The molecule has 0 amide bonds. The summed E-state index contributed by atoms with van der Waals surface area (Å²) in [5, 5.41) is 0. The number of hydrogen-bond donors (Lipinski definition) is 0. The molecule has 0 unspecified atom stereocenters. The van der Waals surface area contributed by atoms with Crippen molar-refractivity contribution in [2.24, 2.45) is 0 Å². The van der Waals surface area contributed by atoms with E-state index in [1.165, 1.54) is 27.8 Å². The number of nitrogens with zero attached hydrogens (tertiary/aromatic N) is 5. The van der Waals surface area contributed by atoms with Gasteiger partial charge in [-0.15, -0.1) is 0 Å². The van der Waals surface area contributed by atoms with Crippen LogP contribution in [0.25, 0.3) is 0 Å². The first kappa shape index (κ1) is 28.6. The Balaban J connectivity index is 0.000000227. The summed E-state index contributed by atoms with van der Waals surface area (Å²) in [5.74, 6) is 2.38. The fourth-order valence-corrected chi connectivity index (χ4v) is 3.20. The summed E-state index contributed by atoms with van der Waals surface area (Å²) in [6.45, 7) is 20.1. The lowest BCUT2D eigenvalue weighted by molar-refractivity contribution is 0.875. The molecule has 0 bridgehead atoms. The zero-order valence-electron chi connectivity index (χ0n) is 22.4. The van der Waals surface area contributed by atoms with Crippen molar-refractivity contribution in [2.75, 3.05) is 0 Å². The molecular weight excluding hydrogens is 418 g/mol. The minimum Gasteiger partial charge on any atom is -0.242 e. The van der Waals surface area contributed by atoms with Crippen molar-refractivity contribution < 1.29 is 0 Å². The molecule has 0 radical (unpaired) electrons. The summed E-state index contributed by atoms with van der Waals surface area (Å²) in [4.78, 5) is 19.9. The first-order valence-corrected chi connectivity index (χ1v) is 11.4. The Kier molecular flexibility index (Phi) is 12.3. The van der Waals surface area contributed by atoms with Crippen molar-refractivity contribution in [3.8, 4) is 0 Å². The molecule has 0 atom stereocenters. The van der Waals surface area contributed by atoms with Crippen molar-refractivity contribution in [1.29, 1.82) is 0 Å². The largest absolute Gasteiger partial charge is 0.242 e. The molecule has 0 fully saturated rings. The predicted octanol–water partition coefficient (Wildman–Crippen LogP) is 6.81. The predicted molar refractivity (Wildman–Crippen MR) is 142 cm³/mol. The van der Waals surface area contributed by atoms with Crippen LogP contribution in [-0.4, -0.2) is 24.9 Å². The highest BCUT2D eigenvalue weighted by atomic mass is 15.0. The lowest BCUT2D eigenvalue weighted by atomic mass is 10.1. The van der Waals surface area contributed by atoms with Gasteiger partial charge in [-0.1, -0.05) is 70.3 Å². The van der Waals surface area contributed by atoms with Gasteiger partial charge in [-0.25, -0.2) is 24.9 Å². The van der Waals surface area contributed by atoms with Gasteiger partial charge >= 0.3 is 0 Å². The summed E-state index contributed by atoms with van der Waals surface area (Å²) in [6, 6.07) is 17.0. The summed E-state index contributed by atoms with van der Waals surface area (Å²) in [5.41, 5.74) is 8.77. The average Bonchev–Trinajstić information content (AvgIpc) is 2.69. The maximum absolute atomic E-state index is 4.01. The number of benzene rings is 2. The molecule has 5 heteroatoms. The second kappa shape index (κ2) is 14.6. The topological polar surface area (TPSA) is 64.5 Å². The summed E-state index contributed by atoms with van der Waals surface area (Å²) in [7, 11) is 0. The van der Waals surface area contributed by atoms with E-state index < -0.39 is 0 Å². The van der Waals surface area contributed by atoms with Gasteiger partial charge in [-0.05, 0) is 75.3 Å². The van der Waals surface area contributed by atoms with E-state index in [-0.39, 0.29) is 0 Å². The van der Waals surface area contributed by atoms with E-state index in [9.17, 15) is 0 Å². The fraction of sp³-hybridized carbons (Fsp3) is 0.345. The number of rotatable bonds is 0. The maximum Gasteiger partial charge on any atom is 0.129 e.